The molecule has 0 fully saturated rings. The predicted molar refractivity (Wildman–Crippen MR) is 101 cm³/mol. The highest BCUT2D eigenvalue weighted by Gasteiger charge is 2.23. The van der Waals surface area contributed by atoms with Crippen molar-refractivity contribution in [1.82, 2.24) is 0 Å². The van der Waals surface area contributed by atoms with Crippen LogP contribution in [0.3, 0.4) is 0 Å². The summed E-state index contributed by atoms with van der Waals surface area (Å²) >= 11 is 0. The van der Waals surface area contributed by atoms with E-state index in [1.54, 1.807) is 30.3 Å². The van der Waals surface area contributed by atoms with E-state index in [9.17, 15) is 14.4 Å². The molecule has 2 rings (SSSR count). The molecule has 0 spiro atoms. The molecule has 0 aliphatic carbocycles. The fraction of sp³-hybridized carbons (Fsp3) is 0.250. The molecule has 0 bridgehead atoms. The fourth-order valence-corrected chi connectivity index (χ4v) is 2.38. The van der Waals surface area contributed by atoms with Crippen molar-refractivity contribution in [3.8, 4) is 11.5 Å². The number of benzene rings is 2. The first kappa shape index (κ1) is 20.8. The molecule has 2 aromatic carbocycles. The van der Waals surface area contributed by atoms with Crippen molar-refractivity contribution in [3.05, 3.63) is 53.6 Å². The second kappa shape index (κ2) is 9.40. The molecule has 0 aromatic heterocycles. The van der Waals surface area contributed by atoms with E-state index in [-0.39, 0.29) is 11.1 Å². The molecule has 28 heavy (non-hydrogen) atoms. The van der Waals surface area contributed by atoms with Crippen LogP contribution < -0.4 is 14.8 Å². The molecule has 1 N–H and O–H groups in total. The molecule has 1 amide bonds. The first-order valence-corrected chi connectivity index (χ1v) is 8.32. The Hall–Kier alpha value is -3.55. The Balaban J connectivity index is 2.09. The van der Waals surface area contributed by atoms with E-state index in [1.165, 1.54) is 40.4 Å². The first-order valence-electron chi connectivity index (χ1n) is 8.32. The number of nitrogens with one attached hydrogen (secondary N) is 1. The number of hydrogen-bond donors (Lipinski definition) is 1. The summed E-state index contributed by atoms with van der Waals surface area (Å²) in [7, 11) is 4.19. The van der Waals surface area contributed by atoms with Crippen molar-refractivity contribution in [2.24, 2.45) is 0 Å². The van der Waals surface area contributed by atoms with Gasteiger partial charge < -0.3 is 24.3 Å². The Labute approximate surface area is 162 Å². The number of carbonyl (C=O) groups is 3. The van der Waals surface area contributed by atoms with Crippen molar-refractivity contribution in [3.63, 3.8) is 0 Å². The zero-order valence-corrected chi connectivity index (χ0v) is 16.0. The van der Waals surface area contributed by atoms with Crippen LogP contribution in [-0.2, 0) is 14.3 Å². The van der Waals surface area contributed by atoms with Gasteiger partial charge in [0.05, 0.1) is 32.5 Å². The third kappa shape index (κ3) is 4.79. The normalized spacial score (nSPS) is 11.1. The lowest BCUT2D eigenvalue weighted by Gasteiger charge is -2.15. The molecular weight excluding hydrogens is 366 g/mol. The number of anilines is 1. The van der Waals surface area contributed by atoms with Gasteiger partial charge in [-0.3, -0.25) is 4.79 Å². The van der Waals surface area contributed by atoms with Gasteiger partial charge in [0, 0.05) is 11.8 Å². The molecule has 148 valence electrons. The van der Waals surface area contributed by atoms with Crippen molar-refractivity contribution in [2.45, 2.75) is 13.0 Å². The predicted octanol–water partition coefficient (Wildman–Crippen LogP) is 2.67. The van der Waals surface area contributed by atoms with Crippen LogP contribution in [0.1, 0.15) is 27.6 Å². The van der Waals surface area contributed by atoms with Crippen LogP contribution in [0.5, 0.6) is 11.5 Å². The molecular formula is C20H21NO7. The average Bonchev–Trinajstić information content (AvgIpc) is 2.72. The minimum absolute atomic E-state index is 0.0140. The highest BCUT2D eigenvalue weighted by atomic mass is 16.5. The number of amides is 1. The van der Waals surface area contributed by atoms with Crippen LogP contribution >= 0.6 is 0 Å². The molecule has 2 aromatic rings. The molecule has 0 saturated carbocycles. The third-order valence-corrected chi connectivity index (χ3v) is 3.86. The van der Waals surface area contributed by atoms with Gasteiger partial charge in [-0.15, -0.1) is 0 Å². The number of methoxy groups -OCH3 is 3. The molecule has 1 unspecified atom stereocenters. The molecule has 0 heterocycles. The van der Waals surface area contributed by atoms with Gasteiger partial charge in [-0.25, -0.2) is 9.59 Å². The molecule has 0 radical (unpaired) electrons. The second-order valence-electron chi connectivity index (χ2n) is 5.64. The third-order valence-electron chi connectivity index (χ3n) is 3.86. The highest BCUT2D eigenvalue weighted by molar-refractivity contribution is 6.04. The average molecular weight is 387 g/mol. The summed E-state index contributed by atoms with van der Waals surface area (Å²) in [5.74, 6) is -1.07. The summed E-state index contributed by atoms with van der Waals surface area (Å²) in [5.41, 5.74) is 0.517. The molecule has 0 saturated heterocycles. The highest BCUT2D eigenvalue weighted by Crippen LogP contribution is 2.29. The Kier molecular flexibility index (Phi) is 6.97. The standard InChI is InChI=1S/C20H21NO7/c1-12(18(22)21-13-9-10-16(25-2)17(11-13)26-3)28-20(24)15-8-6-5-7-14(15)19(23)27-4/h5-12H,1-4H3,(H,21,22). The molecule has 0 aliphatic rings. The van der Waals surface area contributed by atoms with Gasteiger partial charge in [-0.1, -0.05) is 12.1 Å². The Morgan fingerprint density at radius 2 is 1.46 bits per heavy atom. The zero-order chi connectivity index (χ0) is 20.7. The lowest BCUT2D eigenvalue weighted by atomic mass is 10.1. The van der Waals surface area contributed by atoms with Crippen LogP contribution in [0, 0.1) is 0 Å². The Morgan fingerprint density at radius 1 is 0.857 bits per heavy atom. The fourth-order valence-electron chi connectivity index (χ4n) is 2.38. The molecule has 1 atom stereocenters. The molecule has 8 nitrogen and oxygen atoms in total. The first-order chi connectivity index (χ1) is 13.4. The van der Waals surface area contributed by atoms with Gasteiger partial charge >= 0.3 is 11.9 Å². The number of esters is 2. The topological polar surface area (TPSA) is 100 Å². The van der Waals surface area contributed by atoms with Gasteiger partial charge in [0.2, 0.25) is 0 Å². The van der Waals surface area contributed by atoms with E-state index >= 15 is 0 Å². The van der Waals surface area contributed by atoms with Crippen LogP contribution in [0.25, 0.3) is 0 Å². The van der Waals surface area contributed by atoms with Gasteiger partial charge in [0.1, 0.15) is 0 Å². The monoisotopic (exact) mass is 387 g/mol. The van der Waals surface area contributed by atoms with Crippen LogP contribution in [0.2, 0.25) is 0 Å². The van der Waals surface area contributed by atoms with Crippen molar-refractivity contribution < 1.29 is 33.3 Å². The maximum absolute atomic E-state index is 12.4. The lowest BCUT2D eigenvalue weighted by molar-refractivity contribution is -0.123. The second-order valence-corrected chi connectivity index (χ2v) is 5.64. The summed E-state index contributed by atoms with van der Waals surface area (Å²) in [6.07, 6.45) is -1.11. The van der Waals surface area contributed by atoms with Crippen LogP contribution in [-0.4, -0.2) is 45.3 Å². The molecule has 8 heteroatoms. The minimum Gasteiger partial charge on any atom is -0.493 e. The summed E-state index contributed by atoms with van der Waals surface area (Å²) in [5, 5.41) is 2.63. The molecule has 0 aliphatic heterocycles. The smallest absolute Gasteiger partial charge is 0.339 e. The van der Waals surface area contributed by atoms with E-state index in [1.807, 2.05) is 0 Å². The van der Waals surface area contributed by atoms with E-state index in [2.05, 4.69) is 10.1 Å². The number of hydrogen-bond acceptors (Lipinski definition) is 7. The number of rotatable bonds is 7. The van der Waals surface area contributed by atoms with Crippen molar-refractivity contribution in [1.29, 1.82) is 0 Å². The summed E-state index contributed by atoms with van der Waals surface area (Å²) in [4.78, 5) is 36.5. The minimum atomic E-state index is -1.11. The maximum atomic E-state index is 12.4. The number of ether oxygens (including phenoxy) is 4. The van der Waals surface area contributed by atoms with Gasteiger partial charge in [-0.05, 0) is 31.2 Å². The van der Waals surface area contributed by atoms with Crippen molar-refractivity contribution >= 4 is 23.5 Å². The van der Waals surface area contributed by atoms with E-state index in [4.69, 9.17) is 14.2 Å². The van der Waals surface area contributed by atoms with Crippen LogP contribution in [0.15, 0.2) is 42.5 Å². The maximum Gasteiger partial charge on any atom is 0.339 e. The largest absolute Gasteiger partial charge is 0.493 e. The SMILES string of the molecule is COC(=O)c1ccccc1C(=O)OC(C)C(=O)Nc1ccc(OC)c(OC)c1. The summed E-state index contributed by atoms with van der Waals surface area (Å²) in [6, 6.07) is 10.9. The van der Waals surface area contributed by atoms with Crippen LogP contribution in [0.4, 0.5) is 5.69 Å². The zero-order valence-electron chi connectivity index (χ0n) is 16.0. The lowest BCUT2D eigenvalue weighted by Crippen LogP contribution is -2.30. The number of carbonyl (C=O) groups excluding carboxylic acids is 3. The van der Waals surface area contributed by atoms with Gasteiger partial charge in [0.15, 0.2) is 17.6 Å². The van der Waals surface area contributed by atoms with E-state index in [0.29, 0.717) is 17.2 Å². The van der Waals surface area contributed by atoms with Crippen molar-refractivity contribution in [2.75, 3.05) is 26.6 Å². The quantitative estimate of drug-likeness (QED) is 0.729. The van der Waals surface area contributed by atoms with Gasteiger partial charge in [0.25, 0.3) is 5.91 Å². The Morgan fingerprint density at radius 3 is 2.04 bits per heavy atom. The summed E-state index contributed by atoms with van der Waals surface area (Å²) < 4.78 is 20.2. The Bertz CT molecular complexity index is 879. The summed E-state index contributed by atoms with van der Waals surface area (Å²) in [6.45, 7) is 1.43. The van der Waals surface area contributed by atoms with E-state index in [0.717, 1.165) is 0 Å². The van der Waals surface area contributed by atoms with Gasteiger partial charge in [-0.2, -0.15) is 0 Å². The van der Waals surface area contributed by atoms with E-state index < -0.39 is 23.9 Å².